The smallest absolute Gasteiger partial charge is 0.110 e. The van der Waals surface area contributed by atoms with Gasteiger partial charge >= 0.3 is 0 Å². The summed E-state index contributed by atoms with van der Waals surface area (Å²) in [5, 5.41) is 0. The van der Waals surface area contributed by atoms with Gasteiger partial charge in [0.05, 0.1) is 23.1 Å². The van der Waals surface area contributed by atoms with Crippen molar-refractivity contribution in [2.24, 2.45) is 5.73 Å². The number of H-pyrrole nitrogens is 1. The van der Waals surface area contributed by atoms with E-state index in [4.69, 9.17) is 10.7 Å². The van der Waals surface area contributed by atoms with Gasteiger partial charge in [-0.3, -0.25) is 0 Å². The first-order valence-corrected chi connectivity index (χ1v) is 7.08. The van der Waals surface area contributed by atoms with E-state index in [0.29, 0.717) is 6.54 Å². The van der Waals surface area contributed by atoms with Gasteiger partial charge in [0.1, 0.15) is 5.82 Å². The molecule has 0 atom stereocenters. The minimum atomic E-state index is 0.648. The summed E-state index contributed by atoms with van der Waals surface area (Å²) in [5.74, 6) is 1.12. The van der Waals surface area contributed by atoms with Crippen LogP contribution in [0.5, 0.6) is 0 Å². The second-order valence-electron chi connectivity index (χ2n) is 5.25. The number of aromatic nitrogens is 4. The van der Waals surface area contributed by atoms with Gasteiger partial charge in [-0.2, -0.15) is 0 Å². The van der Waals surface area contributed by atoms with Gasteiger partial charge < -0.3 is 15.3 Å². The van der Waals surface area contributed by atoms with Crippen molar-refractivity contribution in [2.45, 2.75) is 25.8 Å². The van der Waals surface area contributed by atoms with Crippen molar-refractivity contribution in [1.29, 1.82) is 0 Å². The summed E-state index contributed by atoms with van der Waals surface area (Å²) < 4.78 is 2.35. The van der Waals surface area contributed by atoms with Gasteiger partial charge in [-0.05, 0) is 31.5 Å². The molecule has 1 aliphatic heterocycles. The number of rotatable bonds is 3. The first-order valence-electron chi connectivity index (χ1n) is 7.08. The van der Waals surface area contributed by atoms with E-state index >= 15 is 0 Å². The zero-order chi connectivity index (χ0) is 13.5. The van der Waals surface area contributed by atoms with E-state index in [1.807, 2.05) is 6.07 Å². The van der Waals surface area contributed by atoms with Crippen molar-refractivity contribution in [3.63, 3.8) is 0 Å². The number of nitrogens with one attached hydrogen (secondary N) is 1. The maximum absolute atomic E-state index is 5.70. The molecular weight excluding hydrogens is 250 g/mol. The molecule has 1 aliphatic rings. The molecule has 0 amide bonds. The molecule has 0 radical (unpaired) electrons. The number of fused-ring (bicyclic) bond motifs is 2. The Morgan fingerprint density at radius 3 is 3.20 bits per heavy atom. The molecule has 0 fully saturated rings. The van der Waals surface area contributed by atoms with Crippen molar-refractivity contribution in [2.75, 3.05) is 6.54 Å². The molecule has 5 heteroatoms. The number of hydrogen-bond donors (Lipinski definition) is 2. The molecule has 1 aromatic carbocycles. The molecule has 0 spiro atoms. The first kappa shape index (κ1) is 11.7. The fraction of sp³-hybridized carbons (Fsp3) is 0.333. The highest BCUT2D eigenvalue weighted by Gasteiger charge is 2.22. The summed E-state index contributed by atoms with van der Waals surface area (Å²) in [6.45, 7) is 1.72. The maximum Gasteiger partial charge on any atom is 0.110 e. The summed E-state index contributed by atoms with van der Waals surface area (Å²) in [4.78, 5) is 12.3. The van der Waals surface area contributed by atoms with Crippen LogP contribution in [-0.2, 0) is 19.4 Å². The fourth-order valence-electron chi connectivity index (χ4n) is 3.09. The molecule has 0 aliphatic carbocycles. The zero-order valence-electron chi connectivity index (χ0n) is 11.3. The number of imidazole rings is 2. The predicted octanol–water partition coefficient (Wildman–Crippen LogP) is 1.87. The van der Waals surface area contributed by atoms with Gasteiger partial charge in [0.25, 0.3) is 0 Å². The van der Waals surface area contributed by atoms with Gasteiger partial charge in [0.15, 0.2) is 0 Å². The Hall–Kier alpha value is -2.14. The molecule has 3 heterocycles. The van der Waals surface area contributed by atoms with Crippen LogP contribution in [0, 0.1) is 0 Å². The largest absolute Gasteiger partial charge is 0.345 e. The topological polar surface area (TPSA) is 72.5 Å². The van der Waals surface area contributed by atoms with Gasteiger partial charge in [0, 0.05) is 24.2 Å². The van der Waals surface area contributed by atoms with E-state index in [1.54, 1.807) is 6.33 Å². The van der Waals surface area contributed by atoms with Crippen molar-refractivity contribution in [3.8, 4) is 11.3 Å². The third-order valence-electron chi connectivity index (χ3n) is 4.01. The number of benzene rings is 1. The van der Waals surface area contributed by atoms with E-state index < -0.39 is 0 Å². The normalized spacial score (nSPS) is 14.1. The van der Waals surface area contributed by atoms with Crippen LogP contribution in [0.4, 0.5) is 0 Å². The molecule has 3 N–H and O–H groups in total. The lowest BCUT2D eigenvalue weighted by molar-refractivity contribution is 0.685. The highest BCUT2D eigenvalue weighted by molar-refractivity contribution is 5.81. The Labute approximate surface area is 116 Å². The van der Waals surface area contributed by atoms with Crippen LogP contribution in [0.3, 0.4) is 0 Å². The van der Waals surface area contributed by atoms with E-state index in [1.165, 1.54) is 12.1 Å². The van der Waals surface area contributed by atoms with Gasteiger partial charge in [-0.15, -0.1) is 0 Å². The zero-order valence-corrected chi connectivity index (χ0v) is 11.3. The lowest BCUT2D eigenvalue weighted by Gasteiger charge is -2.01. The summed E-state index contributed by atoms with van der Waals surface area (Å²) >= 11 is 0. The lowest BCUT2D eigenvalue weighted by Crippen LogP contribution is -2.08. The summed E-state index contributed by atoms with van der Waals surface area (Å²) in [7, 11) is 0. The van der Waals surface area contributed by atoms with Crippen molar-refractivity contribution in [3.05, 3.63) is 36.0 Å². The average Bonchev–Trinajstić information content (AvgIpc) is 3.14. The molecule has 3 aromatic rings. The molecule has 0 saturated carbocycles. The monoisotopic (exact) mass is 267 g/mol. The Bertz CT molecular complexity index is 768. The standard InChI is InChI=1S/C15H17N5/c16-6-5-14-19-15(13-2-1-7-20(13)14)10-3-4-11-12(8-10)18-9-17-11/h3-4,8-9H,1-2,5-7,16H2,(H,17,18). The van der Waals surface area contributed by atoms with Crippen LogP contribution >= 0.6 is 0 Å². The van der Waals surface area contributed by atoms with Crippen LogP contribution < -0.4 is 5.73 Å². The molecule has 102 valence electrons. The fourth-order valence-corrected chi connectivity index (χ4v) is 3.09. The molecule has 0 unspecified atom stereocenters. The molecule has 2 aromatic heterocycles. The van der Waals surface area contributed by atoms with Crippen LogP contribution in [0.2, 0.25) is 0 Å². The minimum absolute atomic E-state index is 0.648. The number of hydrogen-bond acceptors (Lipinski definition) is 3. The van der Waals surface area contributed by atoms with Gasteiger partial charge in [-0.25, -0.2) is 9.97 Å². The summed E-state index contributed by atoms with van der Waals surface area (Å²) in [6.07, 6.45) is 4.88. The van der Waals surface area contributed by atoms with Crippen LogP contribution in [0.15, 0.2) is 24.5 Å². The summed E-state index contributed by atoms with van der Waals surface area (Å²) in [5.41, 5.74) is 11.4. The lowest BCUT2D eigenvalue weighted by atomic mass is 10.1. The molecule has 0 bridgehead atoms. The minimum Gasteiger partial charge on any atom is -0.345 e. The number of nitrogens with two attached hydrogens (primary N) is 1. The Morgan fingerprint density at radius 1 is 1.35 bits per heavy atom. The molecule has 4 rings (SSSR count). The predicted molar refractivity (Wildman–Crippen MR) is 78.4 cm³/mol. The average molecular weight is 267 g/mol. The second kappa shape index (κ2) is 4.45. The highest BCUT2D eigenvalue weighted by atomic mass is 15.1. The quantitative estimate of drug-likeness (QED) is 0.761. The highest BCUT2D eigenvalue weighted by Crippen LogP contribution is 2.30. The molecule has 0 saturated heterocycles. The van der Waals surface area contributed by atoms with Crippen LogP contribution in [0.25, 0.3) is 22.3 Å². The van der Waals surface area contributed by atoms with E-state index in [9.17, 15) is 0 Å². The Morgan fingerprint density at radius 2 is 2.30 bits per heavy atom. The van der Waals surface area contributed by atoms with Crippen LogP contribution in [0.1, 0.15) is 17.9 Å². The Kier molecular flexibility index (Phi) is 2.60. The first-order chi connectivity index (χ1) is 9.86. The van der Waals surface area contributed by atoms with Crippen molar-refractivity contribution < 1.29 is 0 Å². The molecule has 5 nitrogen and oxygen atoms in total. The van der Waals surface area contributed by atoms with Gasteiger partial charge in [0.2, 0.25) is 0 Å². The number of aromatic amines is 1. The van der Waals surface area contributed by atoms with Crippen LogP contribution in [-0.4, -0.2) is 26.1 Å². The third kappa shape index (κ3) is 1.67. The molecule has 20 heavy (non-hydrogen) atoms. The van der Waals surface area contributed by atoms with Gasteiger partial charge in [-0.1, -0.05) is 6.07 Å². The SMILES string of the molecule is NCCc1nc(-c2ccc3nc[nH]c3c2)c2n1CCC2. The maximum atomic E-state index is 5.70. The van der Waals surface area contributed by atoms with Crippen molar-refractivity contribution >= 4 is 11.0 Å². The number of nitrogens with zero attached hydrogens (tertiary/aromatic N) is 3. The molecular formula is C15H17N5. The third-order valence-corrected chi connectivity index (χ3v) is 4.01. The van der Waals surface area contributed by atoms with E-state index in [0.717, 1.165) is 47.5 Å². The summed E-state index contributed by atoms with van der Waals surface area (Å²) in [6, 6.07) is 6.29. The Balaban J connectivity index is 1.86. The van der Waals surface area contributed by atoms with E-state index in [-0.39, 0.29) is 0 Å². The second-order valence-corrected chi connectivity index (χ2v) is 5.25. The van der Waals surface area contributed by atoms with Crippen molar-refractivity contribution in [1.82, 2.24) is 19.5 Å². The van der Waals surface area contributed by atoms with E-state index in [2.05, 4.69) is 26.7 Å².